The maximum absolute atomic E-state index is 14.0. The summed E-state index contributed by atoms with van der Waals surface area (Å²) in [5.74, 6) is -3.52. The van der Waals surface area contributed by atoms with Crippen molar-refractivity contribution in [2.45, 2.75) is 20.4 Å². The van der Waals surface area contributed by atoms with Crippen molar-refractivity contribution in [3.8, 4) is 5.75 Å². The number of carbonyl (C=O) groups is 1. The molecule has 0 aliphatic rings. The van der Waals surface area contributed by atoms with Gasteiger partial charge in [-0.2, -0.15) is 0 Å². The number of aromatic hydroxyl groups is 1. The van der Waals surface area contributed by atoms with Crippen molar-refractivity contribution < 1.29 is 18.7 Å². The van der Waals surface area contributed by atoms with Crippen LogP contribution in [0.25, 0.3) is 11.0 Å². The Balaban J connectivity index is 1.94. The molecule has 0 aliphatic heterocycles. The Morgan fingerprint density at radius 1 is 1.21 bits per heavy atom. The summed E-state index contributed by atoms with van der Waals surface area (Å²) in [6.45, 7) is 7.22. The Morgan fingerprint density at radius 3 is 2.61 bits per heavy atom. The van der Waals surface area contributed by atoms with Crippen molar-refractivity contribution in [2.75, 3.05) is 25.0 Å². The SMILES string of the molecule is CCN(CC)CCn1c(NC(=O)c2c(O)cc(F)cc2F)nc2ccccc21. The normalized spacial score (nSPS) is 11.3. The minimum Gasteiger partial charge on any atom is -0.507 e. The van der Waals surface area contributed by atoms with Gasteiger partial charge >= 0.3 is 0 Å². The zero-order chi connectivity index (χ0) is 20.3. The second-order valence-electron chi connectivity index (χ2n) is 6.34. The van der Waals surface area contributed by atoms with Gasteiger partial charge in [0.05, 0.1) is 11.0 Å². The van der Waals surface area contributed by atoms with Crippen LogP contribution < -0.4 is 5.32 Å². The number of benzene rings is 2. The summed E-state index contributed by atoms with van der Waals surface area (Å²) in [7, 11) is 0. The van der Waals surface area contributed by atoms with Gasteiger partial charge in [0.15, 0.2) is 0 Å². The molecule has 0 saturated carbocycles. The van der Waals surface area contributed by atoms with E-state index in [1.807, 2.05) is 28.8 Å². The van der Waals surface area contributed by atoms with Crippen LogP contribution in [-0.4, -0.2) is 45.1 Å². The molecular formula is C20H22F2N4O2. The molecule has 0 aliphatic carbocycles. The number of likely N-dealkylation sites (N-methyl/N-ethyl adjacent to an activating group) is 1. The van der Waals surface area contributed by atoms with Crippen LogP contribution in [0.15, 0.2) is 36.4 Å². The topological polar surface area (TPSA) is 70.4 Å². The van der Waals surface area contributed by atoms with Gasteiger partial charge in [0.2, 0.25) is 5.95 Å². The standard InChI is InChI=1S/C20H22F2N4O2/c1-3-25(4-2)9-10-26-16-8-6-5-7-15(16)23-20(26)24-19(28)18-14(22)11-13(21)12-17(18)27/h5-8,11-12,27H,3-4,9-10H2,1-2H3,(H,23,24,28). The molecule has 3 aromatic rings. The van der Waals surface area contributed by atoms with Crippen molar-refractivity contribution in [2.24, 2.45) is 0 Å². The zero-order valence-electron chi connectivity index (χ0n) is 15.7. The number of hydrogen-bond donors (Lipinski definition) is 2. The predicted octanol–water partition coefficient (Wildman–Crippen LogP) is 3.61. The molecule has 0 spiro atoms. The molecule has 2 aromatic carbocycles. The van der Waals surface area contributed by atoms with Gasteiger partial charge in [-0.3, -0.25) is 10.1 Å². The van der Waals surface area contributed by atoms with Gasteiger partial charge < -0.3 is 14.6 Å². The molecule has 1 aromatic heterocycles. The minimum absolute atomic E-state index is 0.237. The average molecular weight is 388 g/mol. The predicted molar refractivity (Wildman–Crippen MR) is 103 cm³/mol. The third-order valence-electron chi connectivity index (χ3n) is 4.68. The summed E-state index contributed by atoms with van der Waals surface area (Å²) in [4.78, 5) is 19.2. The number of aromatic nitrogens is 2. The lowest BCUT2D eigenvalue weighted by Gasteiger charge is -2.19. The summed E-state index contributed by atoms with van der Waals surface area (Å²) in [5, 5.41) is 12.3. The van der Waals surface area contributed by atoms with E-state index in [0.717, 1.165) is 25.2 Å². The highest BCUT2D eigenvalue weighted by Gasteiger charge is 2.21. The Bertz CT molecular complexity index is 976. The van der Waals surface area contributed by atoms with Crippen LogP contribution in [0, 0.1) is 11.6 Å². The number of anilines is 1. The number of halogens is 2. The molecule has 0 saturated heterocycles. The van der Waals surface area contributed by atoms with Crippen molar-refractivity contribution >= 4 is 22.9 Å². The smallest absolute Gasteiger partial charge is 0.264 e. The third kappa shape index (κ3) is 3.96. The summed E-state index contributed by atoms with van der Waals surface area (Å²) in [6.07, 6.45) is 0. The fourth-order valence-corrected chi connectivity index (χ4v) is 3.13. The van der Waals surface area contributed by atoms with Crippen LogP contribution in [0.1, 0.15) is 24.2 Å². The largest absolute Gasteiger partial charge is 0.507 e. The molecule has 0 fully saturated rings. The number of nitrogens with zero attached hydrogens (tertiary/aromatic N) is 3. The van der Waals surface area contributed by atoms with Gasteiger partial charge in [-0.05, 0) is 25.2 Å². The van der Waals surface area contributed by atoms with Gasteiger partial charge in [-0.1, -0.05) is 26.0 Å². The fraction of sp³-hybridized carbons (Fsp3) is 0.300. The monoisotopic (exact) mass is 388 g/mol. The highest BCUT2D eigenvalue weighted by atomic mass is 19.1. The first-order valence-corrected chi connectivity index (χ1v) is 9.11. The Kier molecular flexibility index (Phi) is 5.89. The number of phenolic OH excluding ortho intramolecular Hbond substituents is 1. The Morgan fingerprint density at radius 2 is 1.93 bits per heavy atom. The number of amides is 1. The average Bonchev–Trinajstić information content (AvgIpc) is 2.99. The molecule has 1 amide bonds. The number of carbonyl (C=O) groups excluding carboxylic acids is 1. The van der Waals surface area contributed by atoms with Gasteiger partial charge in [0.1, 0.15) is 22.9 Å². The second-order valence-corrected chi connectivity index (χ2v) is 6.34. The number of nitrogens with one attached hydrogen (secondary N) is 1. The van der Waals surface area contributed by atoms with Crippen LogP contribution in [0.4, 0.5) is 14.7 Å². The van der Waals surface area contributed by atoms with Crippen LogP contribution in [-0.2, 0) is 6.54 Å². The van der Waals surface area contributed by atoms with Crippen molar-refractivity contribution in [1.29, 1.82) is 0 Å². The highest BCUT2D eigenvalue weighted by molar-refractivity contribution is 6.06. The number of imidazole rings is 1. The van der Waals surface area contributed by atoms with E-state index in [0.29, 0.717) is 24.2 Å². The molecule has 3 rings (SSSR count). The van der Waals surface area contributed by atoms with Gasteiger partial charge in [0.25, 0.3) is 5.91 Å². The maximum Gasteiger partial charge on any atom is 0.264 e. The van der Waals surface area contributed by atoms with E-state index in [9.17, 15) is 18.7 Å². The van der Waals surface area contributed by atoms with E-state index in [1.54, 1.807) is 0 Å². The number of phenols is 1. The van der Waals surface area contributed by atoms with Crippen LogP contribution >= 0.6 is 0 Å². The summed E-state index contributed by atoms with van der Waals surface area (Å²) in [6, 6.07) is 8.65. The first-order chi connectivity index (χ1) is 13.4. The van der Waals surface area contributed by atoms with Gasteiger partial charge in [0, 0.05) is 25.2 Å². The Hall–Kier alpha value is -3.00. The molecular weight excluding hydrogens is 366 g/mol. The van der Waals surface area contributed by atoms with E-state index in [2.05, 4.69) is 29.0 Å². The molecule has 1 heterocycles. The summed E-state index contributed by atoms with van der Waals surface area (Å²) in [5.41, 5.74) is 0.888. The number of hydrogen-bond acceptors (Lipinski definition) is 4. The molecule has 8 heteroatoms. The lowest BCUT2D eigenvalue weighted by Crippen LogP contribution is -2.28. The summed E-state index contributed by atoms with van der Waals surface area (Å²) >= 11 is 0. The van der Waals surface area contributed by atoms with Gasteiger partial charge in [-0.15, -0.1) is 0 Å². The van der Waals surface area contributed by atoms with Gasteiger partial charge in [-0.25, -0.2) is 13.8 Å². The molecule has 2 N–H and O–H groups in total. The quantitative estimate of drug-likeness (QED) is 0.649. The van der Waals surface area contributed by atoms with Crippen LogP contribution in [0.3, 0.4) is 0 Å². The van der Waals surface area contributed by atoms with Crippen LogP contribution in [0.5, 0.6) is 5.75 Å². The first-order valence-electron chi connectivity index (χ1n) is 9.11. The summed E-state index contributed by atoms with van der Waals surface area (Å²) < 4.78 is 29.1. The van der Waals surface area contributed by atoms with E-state index in [1.165, 1.54) is 0 Å². The molecule has 0 radical (unpaired) electrons. The minimum atomic E-state index is -1.14. The fourth-order valence-electron chi connectivity index (χ4n) is 3.13. The third-order valence-corrected chi connectivity index (χ3v) is 4.68. The molecule has 6 nitrogen and oxygen atoms in total. The molecule has 0 bridgehead atoms. The molecule has 148 valence electrons. The van der Waals surface area contributed by atoms with E-state index in [4.69, 9.17) is 0 Å². The van der Waals surface area contributed by atoms with E-state index < -0.39 is 28.9 Å². The zero-order valence-corrected chi connectivity index (χ0v) is 15.7. The Labute approximate surface area is 161 Å². The van der Waals surface area contributed by atoms with Crippen molar-refractivity contribution in [3.63, 3.8) is 0 Å². The molecule has 0 atom stereocenters. The van der Waals surface area contributed by atoms with E-state index in [-0.39, 0.29) is 5.95 Å². The van der Waals surface area contributed by atoms with Crippen LogP contribution in [0.2, 0.25) is 0 Å². The van der Waals surface area contributed by atoms with Crippen molar-refractivity contribution in [3.05, 3.63) is 53.6 Å². The number of fused-ring (bicyclic) bond motifs is 1. The molecule has 28 heavy (non-hydrogen) atoms. The highest BCUT2D eigenvalue weighted by Crippen LogP contribution is 2.25. The number of rotatable bonds is 7. The number of para-hydroxylation sites is 2. The second kappa shape index (κ2) is 8.35. The molecule has 0 unspecified atom stereocenters. The lowest BCUT2D eigenvalue weighted by atomic mass is 10.1. The maximum atomic E-state index is 14.0. The van der Waals surface area contributed by atoms with E-state index >= 15 is 0 Å². The lowest BCUT2D eigenvalue weighted by molar-refractivity contribution is 0.101. The first kappa shape index (κ1) is 19.8. The van der Waals surface area contributed by atoms with Crippen molar-refractivity contribution in [1.82, 2.24) is 14.5 Å².